The molecule has 1 aromatic rings. The second kappa shape index (κ2) is 6.42. The summed E-state index contributed by atoms with van der Waals surface area (Å²) in [5.74, 6) is -0.129. The van der Waals surface area contributed by atoms with E-state index in [1.807, 2.05) is 11.0 Å². The number of likely N-dealkylation sites (tertiary alicyclic amines) is 1. The fourth-order valence-corrected chi connectivity index (χ4v) is 4.56. The quantitative estimate of drug-likeness (QED) is 0.853. The van der Waals surface area contributed by atoms with E-state index in [-0.39, 0.29) is 11.9 Å². The van der Waals surface area contributed by atoms with E-state index < -0.39 is 5.91 Å². The zero-order chi connectivity index (χ0) is 17.6. The van der Waals surface area contributed by atoms with Crippen LogP contribution in [0, 0.1) is 5.92 Å². The van der Waals surface area contributed by atoms with Crippen LogP contribution in [0.15, 0.2) is 18.2 Å². The number of primary amides is 1. The third-order valence-corrected chi connectivity index (χ3v) is 6.15. The summed E-state index contributed by atoms with van der Waals surface area (Å²) >= 11 is 0. The van der Waals surface area contributed by atoms with E-state index in [1.165, 1.54) is 0 Å². The highest BCUT2D eigenvalue weighted by atomic mass is 16.3. The maximum Gasteiger partial charge on any atom is 0.255 e. The largest absolute Gasteiger partial charge is 0.396 e. The van der Waals surface area contributed by atoms with Crippen molar-refractivity contribution in [2.75, 3.05) is 19.7 Å². The zero-order valence-corrected chi connectivity index (χ0v) is 14.4. The van der Waals surface area contributed by atoms with Crippen molar-refractivity contribution in [3.8, 4) is 0 Å². The molecule has 0 aromatic heterocycles. The van der Waals surface area contributed by atoms with Gasteiger partial charge in [-0.1, -0.05) is 12.1 Å². The molecule has 0 atom stereocenters. The van der Waals surface area contributed by atoms with Gasteiger partial charge in [0.05, 0.1) is 17.2 Å². The van der Waals surface area contributed by atoms with E-state index in [9.17, 15) is 14.7 Å². The van der Waals surface area contributed by atoms with E-state index in [2.05, 4.69) is 4.90 Å². The molecule has 1 saturated heterocycles. The van der Waals surface area contributed by atoms with E-state index in [0.717, 1.165) is 44.3 Å². The number of hydrogen-bond donors (Lipinski definition) is 2. The molecule has 3 aliphatic rings. The predicted molar refractivity (Wildman–Crippen MR) is 93.0 cm³/mol. The van der Waals surface area contributed by atoms with Gasteiger partial charge in [-0.3, -0.25) is 14.5 Å². The SMILES string of the molecule is NC(=O)c1cccc2c1C(=O)N(C1CN(C3CCC(CO)CC3)C1)C2. The van der Waals surface area contributed by atoms with Crippen LogP contribution in [0.5, 0.6) is 0 Å². The molecule has 1 aromatic carbocycles. The van der Waals surface area contributed by atoms with Crippen LogP contribution >= 0.6 is 0 Å². The fraction of sp³-hybridized carbons (Fsp3) is 0.579. The molecule has 0 spiro atoms. The fourth-order valence-electron chi connectivity index (χ4n) is 4.56. The molecule has 2 amide bonds. The summed E-state index contributed by atoms with van der Waals surface area (Å²) in [6.07, 6.45) is 4.46. The van der Waals surface area contributed by atoms with E-state index >= 15 is 0 Å². The Labute approximate surface area is 147 Å². The second-order valence-electron chi connectivity index (χ2n) is 7.60. The van der Waals surface area contributed by atoms with Crippen molar-refractivity contribution in [3.05, 3.63) is 34.9 Å². The summed E-state index contributed by atoms with van der Waals surface area (Å²) in [6.45, 7) is 2.68. The number of hydrogen-bond acceptors (Lipinski definition) is 4. The second-order valence-corrected chi connectivity index (χ2v) is 7.60. The highest BCUT2D eigenvalue weighted by Crippen LogP contribution is 2.34. The lowest BCUT2D eigenvalue weighted by molar-refractivity contribution is -0.00706. The van der Waals surface area contributed by atoms with Gasteiger partial charge < -0.3 is 15.7 Å². The van der Waals surface area contributed by atoms with Crippen LogP contribution in [0.4, 0.5) is 0 Å². The van der Waals surface area contributed by atoms with Crippen molar-refractivity contribution >= 4 is 11.8 Å². The van der Waals surface area contributed by atoms with E-state index in [4.69, 9.17) is 5.73 Å². The van der Waals surface area contributed by atoms with Gasteiger partial charge >= 0.3 is 0 Å². The molecule has 2 aliphatic heterocycles. The molecule has 3 N–H and O–H groups in total. The zero-order valence-electron chi connectivity index (χ0n) is 14.4. The molecule has 0 unspecified atom stereocenters. The minimum absolute atomic E-state index is 0.0574. The minimum Gasteiger partial charge on any atom is -0.396 e. The Morgan fingerprint density at radius 2 is 1.88 bits per heavy atom. The van der Waals surface area contributed by atoms with Gasteiger partial charge in [0.2, 0.25) is 5.91 Å². The van der Waals surface area contributed by atoms with Gasteiger partial charge in [-0.25, -0.2) is 0 Å². The van der Waals surface area contributed by atoms with Crippen LogP contribution in [0.2, 0.25) is 0 Å². The number of carbonyl (C=O) groups excluding carboxylic acids is 2. The smallest absolute Gasteiger partial charge is 0.255 e. The normalized spacial score (nSPS) is 27.2. The molecule has 6 heteroatoms. The first-order chi connectivity index (χ1) is 12.1. The first-order valence-corrected chi connectivity index (χ1v) is 9.16. The molecule has 25 heavy (non-hydrogen) atoms. The van der Waals surface area contributed by atoms with Crippen LogP contribution in [0.3, 0.4) is 0 Å². The van der Waals surface area contributed by atoms with Crippen LogP contribution in [0.1, 0.15) is 52.0 Å². The van der Waals surface area contributed by atoms with E-state index in [0.29, 0.717) is 36.2 Å². The Hall–Kier alpha value is -1.92. The van der Waals surface area contributed by atoms with Gasteiger partial charge in [0.1, 0.15) is 0 Å². The molecule has 4 rings (SSSR count). The number of benzene rings is 1. The molecular weight excluding hydrogens is 318 g/mol. The van der Waals surface area contributed by atoms with Gasteiger partial charge in [0.15, 0.2) is 0 Å². The lowest BCUT2D eigenvalue weighted by Gasteiger charge is -2.49. The standard InChI is InChI=1S/C19H25N3O3/c20-18(24)16-3-1-2-13-8-22(19(25)17(13)16)15-9-21(10-15)14-6-4-12(11-23)5-7-14/h1-3,12,14-15,23H,4-11H2,(H2,20,24). The third kappa shape index (κ3) is 2.83. The highest BCUT2D eigenvalue weighted by molar-refractivity contribution is 6.09. The first-order valence-electron chi connectivity index (χ1n) is 9.16. The number of rotatable bonds is 4. The lowest BCUT2D eigenvalue weighted by Crippen LogP contribution is -2.62. The summed E-state index contributed by atoms with van der Waals surface area (Å²) in [7, 11) is 0. The van der Waals surface area contributed by atoms with Crippen molar-refractivity contribution in [2.45, 2.75) is 44.3 Å². The van der Waals surface area contributed by atoms with Crippen molar-refractivity contribution < 1.29 is 14.7 Å². The maximum absolute atomic E-state index is 12.8. The molecule has 1 saturated carbocycles. The summed E-state index contributed by atoms with van der Waals surface area (Å²) in [5, 5.41) is 9.26. The van der Waals surface area contributed by atoms with Crippen LogP contribution in [-0.2, 0) is 6.54 Å². The average molecular weight is 343 g/mol. The number of amides is 2. The van der Waals surface area contributed by atoms with Crippen LogP contribution < -0.4 is 5.73 Å². The lowest BCUT2D eigenvalue weighted by atomic mass is 9.84. The summed E-state index contributed by atoms with van der Waals surface area (Å²) in [5.41, 5.74) is 7.16. The Morgan fingerprint density at radius 3 is 2.52 bits per heavy atom. The molecule has 0 radical (unpaired) electrons. The molecular formula is C19H25N3O3. The Bertz CT molecular complexity index is 691. The van der Waals surface area contributed by atoms with Crippen molar-refractivity contribution in [2.24, 2.45) is 11.7 Å². The van der Waals surface area contributed by atoms with Crippen molar-refractivity contribution in [1.29, 1.82) is 0 Å². The number of nitrogens with zero attached hydrogens (tertiary/aromatic N) is 2. The number of fused-ring (bicyclic) bond motifs is 1. The van der Waals surface area contributed by atoms with E-state index in [1.54, 1.807) is 12.1 Å². The Morgan fingerprint density at radius 1 is 1.16 bits per heavy atom. The average Bonchev–Trinajstić information content (AvgIpc) is 2.91. The molecule has 2 fully saturated rings. The monoisotopic (exact) mass is 343 g/mol. The third-order valence-electron chi connectivity index (χ3n) is 6.15. The van der Waals surface area contributed by atoms with Gasteiger partial charge in [0, 0.05) is 32.3 Å². The molecule has 1 aliphatic carbocycles. The molecule has 6 nitrogen and oxygen atoms in total. The Balaban J connectivity index is 1.39. The predicted octanol–water partition coefficient (Wildman–Crippen LogP) is 0.977. The van der Waals surface area contributed by atoms with Crippen molar-refractivity contribution in [1.82, 2.24) is 9.80 Å². The van der Waals surface area contributed by atoms with Crippen LogP contribution in [0.25, 0.3) is 0 Å². The number of aliphatic hydroxyl groups excluding tert-OH is 1. The number of carbonyl (C=O) groups is 2. The Kier molecular flexibility index (Phi) is 4.25. The number of aliphatic hydroxyl groups is 1. The molecule has 134 valence electrons. The molecule has 0 bridgehead atoms. The minimum atomic E-state index is -0.539. The van der Waals surface area contributed by atoms with Gasteiger partial charge in [-0.2, -0.15) is 0 Å². The van der Waals surface area contributed by atoms with Crippen LogP contribution in [-0.4, -0.2) is 58.5 Å². The van der Waals surface area contributed by atoms with Gasteiger partial charge in [0.25, 0.3) is 5.91 Å². The first kappa shape index (κ1) is 16.5. The van der Waals surface area contributed by atoms with Gasteiger partial charge in [-0.15, -0.1) is 0 Å². The summed E-state index contributed by atoms with van der Waals surface area (Å²) in [4.78, 5) is 28.8. The summed E-state index contributed by atoms with van der Waals surface area (Å²) < 4.78 is 0. The highest BCUT2D eigenvalue weighted by Gasteiger charge is 2.42. The number of nitrogens with two attached hydrogens (primary N) is 1. The maximum atomic E-state index is 12.8. The molecule has 2 heterocycles. The topological polar surface area (TPSA) is 86.9 Å². The van der Waals surface area contributed by atoms with Gasteiger partial charge in [-0.05, 0) is 43.2 Å². The summed E-state index contributed by atoms with van der Waals surface area (Å²) in [6, 6.07) is 6.14. The van der Waals surface area contributed by atoms with Crippen molar-refractivity contribution in [3.63, 3.8) is 0 Å².